The Morgan fingerprint density at radius 3 is 2.81 bits per heavy atom. The standard InChI is InChI=1S/C12H16BrN3O3S2/c1-3-14-6-9-4-10(12(13)19-9)21(17,18)16-7-11-15-5-8(2)20-11/h4-5,14,16H,3,6-7H2,1-2H3. The topological polar surface area (TPSA) is 84.2 Å². The minimum atomic E-state index is -3.64. The van der Waals surface area contributed by atoms with E-state index in [9.17, 15) is 8.42 Å². The molecule has 2 heterocycles. The third-order valence-electron chi connectivity index (χ3n) is 2.63. The highest BCUT2D eigenvalue weighted by Crippen LogP contribution is 2.26. The lowest BCUT2D eigenvalue weighted by atomic mass is 10.4. The molecule has 0 unspecified atom stereocenters. The molecule has 0 amide bonds. The molecule has 0 saturated heterocycles. The van der Waals surface area contributed by atoms with Gasteiger partial charge in [0.2, 0.25) is 10.0 Å². The molecule has 2 aromatic heterocycles. The molecule has 0 aromatic carbocycles. The first-order valence-corrected chi connectivity index (χ1v) is 9.41. The molecule has 21 heavy (non-hydrogen) atoms. The van der Waals surface area contributed by atoms with Crippen LogP contribution in [0.1, 0.15) is 22.6 Å². The van der Waals surface area contributed by atoms with Crippen molar-refractivity contribution in [3.8, 4) is 0 Å². The van der Waals surface area contributed by atoms with Crippen LogP contribution in [0.2, 0.25) is 0 Å². The van der Waals surface area contributed by atoms with Crippen LogP contribution < -0.4 is 10.0 Å². The molecule has 0 bridgehead atoms. The van der Waals surface area contributed by atoms with E-state index >= 15 is 0 Å². The van der Waals surface area contributed by atoms with Gasteiger partial charge in [0.05, 0.1) is 13.1 Å². The summed E-state index contributed by atoms with van der Waals surface area (Å²) in [6.07, 6.45) is 1.72. The van der Waals surface area contributed by atoms with Gasteiger partial charge in [0.15, 0.2) is 4.67 Å². The minimum Gasteiger partial charge on any atom is -0.452 e. The first kappa shape index (κ1) is 16.6. The van der Waals surface area contributed by atoms with E-state index in [1.165, 1.54) is 17.4 Å². The van der Waals surface area contributed by atoms with Gasteiger partial charge in [0.1, 0.15) is 15.7 Å². The number of aryl methyl sites for hydroxylation is 1. The van der Waals surface area contributed by atoms with Crippen LogP contribution >= 0.6 is 27.3 Å². The van der Waals surface area contributed by atoms with Crippen molar-refractivity contribution in [3.63, 3.8) is 0 Å². The summed E-state index contributed by atoms with van der Waals surface area (Å²) in [7, 11) is -3.64. The van der Waals surface area contributed by atoms with Crippen molar-refractivity contribution in [1.82, 2.24) is 15.0 Å². The first-order valence-electron chi connectivity index (χ1n) is 6.32. The largest absolute Gasteiger partial charge is 0.452 e. The molecular weight excluding hydrogens is 378 g/mol. The van der Waals surface area contributed by atoms with Gasteiger partial charge in [0.25, 0.3) is 0 Å². The second-order valence-corrected chi connectivity index (χ2v) is 8.10. The van der Waals surface area contributed by atoms with Gasteiger partial charge < -0.3 is 9.73 Å². The molecule has 0 fully saturated rings. The lowest BCUT2D eigenvalue weighted by Crippen LogP contribution is -2.23. The Morgan fingerprint density at radius 1 is 1.43 bits per heavy atom. The summed E-state index contributed by atoms with van der Waals surface area (Å²) in [5, 5.41) is 3.80. The number of furan rings is 1. The Kier molecular flexibility index (Phi) is 5.55. The normalized spacial score (nSPS) is 12.0. The number of hydrogen-bond acceptors (Lipinski definition) is 6. The third-order valence-corrected chi connectivity index (χ3v) is 5.80. The maximum absolute atomic E-state index is 12.3. The molecule has 2 rings (SSSR count). The first-order chi connectivity index (χ1) is 9.92. The molecule has 9 heteroatoms. The molecule has 0 aliphatic rings. The van der Waals surface area contributed by atoms with Crippen molar-refractivity contribution in [2.24, 2.45) is 0 Å². The van der Waals surface area contributed by atoms with Gasteiger partial charge in [-0.15, -0.1) is 11.3 Å². The Labute approximate surface area is 136 Å². The van der Waals surface area contributed by atoms with Crippen LogP contribution in [0.4, 0.5) is 0 Å². The van der Waals surface area contributed by atoms with E-state index < -0.39 is 10.0 Å². The van der Waals surface area contributed by atoms with Crippen LogP contribution in [-0.4, -0.2) is 19.9 Å². The molecule has 0 radical (unpaired) electrons. The lowest BCUT2D eigenvalue weighted by molar-refractivity contribution is 0.464. The van der Waals surface area contributed by atoms with E-state index in [4.69, 9.17) is 4.42 Å². The fourth-order valence-electron chi connectivity index (χ4n) is 1.63. The SMILES string of the molecule is CCNCc1cc(S(=O)(=O)NCc2ncc(C)s2)c(Br)o1. The zero-order valence-electron chi connectivity index (χ0n) is 11.6. The Balaban J connectivity index is 2.09. The van der Waals surface area contributed by atoms with E-state index in [0.717, 1.165) is 16.4 Å². The fourth-order valence-corrected chi connectivity index (χ4v) is 4.44. The van der Waals surface area contributed by atoms with Gasteiger partial charge in [-0.05, 0) is 29.4 Å². The highest BCUT2D eigenvalue weighted by Gasteiger charge is 2.22. The Hall–Kier alpha value is -0.740. The number of halogens is 1. The summed E-state index contributed by atoms with van der Waals surface area (Å²) in [5.74, 6) is 0.564. The predicted octanol–water partition coefficient (Wildman–Crippen LogP) is 2.40. The van der Waals surface area contributed by atoms with Gasteiger partial charge in [-0.1, -0.05) is 6.92 Å². The maximum Gasteiger partial charge on any atom is 0.245 e. The van der Waals surface area contributed by atoms with E-state index in [1.54, 1.807) is 6.20 Å². The van der Waals surface area contributed by atoms with Crippen molar-refractivity contribution in [3.05, 3.63) is 32.6 Å². The number of hydrogen-bond donors (Lipinski definition) is 2. The molecule has 2 N–H and O–H groups in total. The van der Waals surface area contributed by atoms with Crippen LogP contribution in [0.25, 0.3) is 0 Å². The van der Waals surface area contributed by atoms with Crippen LogP contribution in [0.15, 0.2) is 26.2 Å². The Morgan fingerprint density at radius 2 is 2.19 bits per heavy atom. The van der Waals surface area contributed by atoms with Crippen molar-refractivity contribution >= 4 is 37.3 Å². The monoisotopic (exact) mass is 393 g/mol. The molecule has 0 atom stereocenters. The quantitative estimate of drug-likeness (QED) is 0.754. The second kappa shape index (κ2) is 7.01. The predicted molar refractivity (Wildman–Crippen MR) is 84.7 cm³/mol. The summed E-state index contributed by atoms with van der Waals surface area (Å²) in [6, 6.07) is 1.52. The van der Waals surface area contributed by atoms with Gasteiger partial charge in [-0.3, -0.25) is 0 Å². The molecule has 0 aliphatic carbocycles. The number of nitrogens with zero attached hydrogens (tertiary/aromatic N) is 1. The number of aromatic nitrogens is 1. The molecule has 0 aliphatic heterocycles. The van der Waals surface area contributed by atoms with Crippen molar-refractivity contribution in [1.29, 1.82) is 0 Å². The van der Waals surface area contributed by atoms with Gasteiger partial charge in [0, 0.05) is 17.1 Å². The summed E-state index contributed by atoms with van der Waals surface area (Å²) < 4.78 is 32.7. The van der Waals surface area contributed by atoms with E-state index in [2.05, 4.69) is 31.0 Å². The summed E-state index contributed by atoms with van der Waals surface area (Å²) in [4.78, 5) is 5.27. The summed E-state index contributed by atoms with van der Waals surface area (Å²) >= 11 is 4.61. The lowest BCUT2D eigenvalue weighted by Gasteiger charge is -2.02. The van der Waals surface area contributed by atoms with Crippen LogP contribution in [0, 0.1) is 6.92 Å². The average Bonchev–Trinajstić information content (AvgIpc) is 3.00. The van der Waals surface area contributed by atoms with Crippen molar-refractivity contribution < 1.29 is 12.8 Å². The molecule has 0 saturated carbocycles. The highest BCUT2D eigenvalue weighted by molar-refractivity contribution is 9.10. The molecular formula is C12H16BrN3O3S2. The van der Waals surface area contributed by atoms with E-state index in [1.807, 2.05) is 13.8 Å². The zero-order valence-corrected chi connectivity index (χ0v) is 14.9. The van der Waals surface area contributed by atoms with E-state index in [0.29, 0.717) is 12.3 Å². The van der Waals surface area contributed by atoms with Crippen molar-refractivity contribution in [2.45, 2.75) is 31.8 Å². The van der Waals surface area contributed by atoms with Crippen molar-refractivity contribution in [2.75, 3.05) is 6.54 Å². The average molecular weight is 394 g/mol. The number of thiazole rings is 1. The maximum atomic E-state index is 12.3. The van der Waals surface area contributed by atoms with Crippen LogP contribution in [0.3, 0.4) is 0 Å². The third kappa shape index (κ3) is 4.36. The second-order valence-electron chi connectivity index (χ2n) is 4.32. The molecule has 6 nitrogen and oxygen atoms in total. The summed E-state index contributed by atoms with van der Waals surface area (Å²) in [6.45, 7) is 5.32. The van der Waals surface area contributed by atoms with Gasteiger partial charge >= 0.3 is 0 Å². The van der Waals surface area contributed by atoms with E-state index in [-0.39, 0.29) is 16.1 Å². The number of sulfonamides is 1. The fraction of sp³-hybridized carbons (Fsp3) is 0.417. The summed E-state index contributed by atoms with van der Waals surface area (Å²) in [5.41, 5.74) is 0. The van der Waals surface area contributed by atoms with Crippen LogP contribution in [-0.2, 0) is 23.1 Å². The minimum absolute atomic E-state index is 0.101. The van der Waals surface area contributed by atoms with Crippen LogP contribution in [0.5, 0.6) is 0 Å². The highest BCUT2D eigenvalue weighted by atomic mass is 79.9. The Bertz CT molecular complexity index is 709. The smallest absolute Gasteiger partial charge is 0.245 e. The molecule has 0 spiro atoms. The molecule has 116 valence electrons. The number of nitrogens with one attached hydrogen (secondary N) is 2. The zero-order chi connectivity index (χ0) is 15.5. The number of rotatable bonds is 7. The van der Waals surface area contributed by atoms with Gasteiger partial charge in [-0.2, -0.15) is 0 Å². The molecule has 2 aromatic rings. The van der Waals surface area contributed by atoms with Gasteiger partial charge in [-0.25, -0.2) is 18.1 Å².